The van der Waals surface area contributed by atoms with E-state index in [2.05, 4.69) is 25.6 Å². The Kier molecular flexibility index (Phi) is 4.41. The minimum Gasteiger partial charge on any atom is -0.494 e. The maximum absolute atomic E-state index is 12.6. The Morgan fingerprint density at radius 1 is 1.32 bits per heavy atom. The van der Waals surface area contributed by atoms with E-state index in [1.165, 1.54) is 18.1 Å². The number of carbonyl (C=O) groups excluding carboxylic acids is 2. The van der Waals surface area contributed by atoms with Crippen LogP contribution < -0.4 is 20.3 Å². The van der Waals surface area contributed by atoms with Crippen molar-refractivity contribution in [1.82, 2.24) is 30.3 Å². The van der Waals surface area contributed by atoms with Crippen LogP contribution >= 0.6 is 0 Å². The summed E-state index contributed by atoms with van der Waals surface area (Å²) in [5, 5.41) is 17.0. The maximum Gasteiger partial charge on any atom is 0.415 e. The van der Waals surface area contributed by atoms with Gasteiger partial charge in [0.05, 0.1) is 30.6 Å². The fourth-order valence-corrected chi connectivity index (χ4v) is 3.08. The molecular formula is C19H20N8O4. The quantitative estimate of drug-likeness (QED) is 0.597. The zero-order chi connectivity index (χ0) is 24.5. The van der Waals surface area contributed by atoms with Crippen molar-refractivity contribution in [2.24, 2.45) is 7.05 Å². The van der Waals surface area contributed by atoms with Gasteiger partial charge >= 0.3 is 6.09 Å². The van der Waals surface area contributed by atoms with Crippen molar-refractivity contribution in [1.29, 1.82) is 0 Å². The van der Waals surface area contributed by atoms with E-state index >= 15 is 0 Å². The number of cyclic esters (lactones) is 1. The normalized spacial score (nSPS) is 15.0. The number of hydrogen-bond donors (Lipinski definition) is 2. The molecule has 1 saturated heterocycles. The molecule has 1 aliphatic heterocycles. The van der Waals surface area contributed by atoms with Crippen LogP contribution in [0.1, 0.15) is 14.6 Å². The van der Waals surface area contributed by atoms with Gasteiger partial charge in [-0.15, -0.1) is 10.2 Å². The number of para-hydroxylation sites is 1. The van der Waals surface area contributed by atoms with Crippen LogP contribution in [0.15, 0.2) is 30.6 Å². The lowest BCUT2D eigenvalue weighted by Crippen LogP contribution is -2.26. The van der Waals surface area contributed by atoms with Crippen LogP contribution in [0.2, 0.25) is 0 Å². The van der Waals surface area contributed by atoms with Gasteiger partial charge in [-0.25, -0.2) is 9.78 Å². The molecule has 12 nitrogen and oxygen atoms in total. The van der Waals surface area contributed by atoms with E-state index in [0.717, 1.165) is 0 Å². The van der Waals surface area contributed by atoms with Crippen molar-refractivity contribution in [3.8, 4) is 17.1 Å². The van der Waals surface area contributed by atoms with Gasteiger partial charge in [-0.3, -0.25) is 14.4 Å². The summed E-state index contributed by atoms with van der Waals surface area (Å²) in [6.07, 6.45) is 0.932. The molecule has 0 unspecified atom stereocenters. The van der Waals surface area contributed by atoms with Gasteiger partial charge in [-0.1, -0.05) is 6.07 Å². The van der Waals surface area contributed by atoms with Gasteiger partial charge in [0.15, 0.2) is 23.1 Å². The third kappa shape index (κ3) is 3.82. The Labute approximate surface area is 181 Å². The van der Waals surface area contributed by atoms with Crippen molar-refractivity contribution in [3.05, 3.63) is 36.3 Å². The smallest absolute Gasteiger partial charge is 0.415 e. The number of benzene rings is 1. The van der Waals surface area contributed by atoms with E-state index in [4.69, 9.17) is 13.6 Å². The van der Waals surface area contributed by atoms with Crippen molar-refractivity contribution >= 4 is 29.2 Å². The van der Waals surface area contributed by atoms with E-state index in [-0.39, 0.29) is 30.4 Å². The molecule has 0 bridgehead atoms. The van der Waals surface area contributed by atoms with Crippen molar-refractivity contribution in [3.63, 3.8) is 0 Å². The molecule has 0 atom stereocenters. The first-order valence-electron chi connectivity index (χ1n) is 10.6. The molecule has 0 spiro atoms. The van der Waals surface area contributed by atoms with Crippen LogP contribution in [0.5, 0.6) is 5.75 Å². The summed E-state index contributed by atoms with van der Waals surface area (Å²) in [7, 11) is 3.19. The lowest BCUT2D eigenvalue weighted by atomic mass is 10.1. The molecule has 2 aromatic heterocycles. The van der Waals surface area contributed by atoms with E-state index in [1.807, 2.05) is 5.32 Å². The molecule has 2 N–H and O–H groups in total. The summed E-state index contributed by atoms with van der Waals surface area (Å²) in [4.78, 5) is 30.1. The highest BCUT2D eigenvalue weighted by Gasteiger charge is 2.27. The Morgan fingerprint density at radius 2 is 2.19 bits per heavy atom. The second kappa shape index (κ2) is 8.26. The minimum atomic E-state index is -2.74. The number of nitrogens with zero attached hydrogens (tertiary/aromatic N) is 6. The average molecular weight is 427 g/mol. The number of aryl methyl sites for hydroxylation is 1. The van der Waals surface area contributed by atoms with Gasteiger partial charge < -0.3 is 20.1 Å². The molecule has 1 aromatic carbocycles. The summed E-state index contributed by atoms with van der Waals surface area (Å²) in [5.74, 6) is -0.0736. The van der Waals surface area contributed by atoms with Gasteiger partial charge in [0.1, 0.15) is 12.9 Å². The van der Waals surface area contributed by atoms with Crippen molar-refractivity contribution in [2.75, 3.05) is 37.5 Å². The van der Waals surface area contributed by atoms with E-state index in [0.29, 0.717) is 22.8 Å². The third-order valence-electron chi connectivity index (χ3n) is 4.48. The van der Waals surface area contributed by atoms with Crippen LogP contribution in [-0.2, 0) is 11.8 Å². The van der Waals surface area contributed by atoms with Gasteiger partial charge in [-0.2, -0.15) is 5.10 Å². The number of amides is 2. The lowest BCUT2D eigenvalue weighted by Gasteiger charge is -2.17. The molecular weight excluding hydrogens is 404 g/mol. The topological polar surface area (TPSA) is 136 Å². The van der Waals surface area contributed by atoms with Crippen LogP contribution in [-0.4, -0.2) is 64.2 Å². The molecule has 3 aromatic rings. The lowest BCUT2D eigenvalue weighted by molar-refractivity contribution is 0.0958. The third-order valence-corrected chi connectivity index (χ3v) is 4.48. The molecule has 2 amide bonds. The Balaban J connectivity index is 1.77. The van der Waals surface area contributed by atoms with Crippen molar-refractivity contribution in [2.45, 2.75) is 0 Å². The van der Waals surface area contributed by atoms with Crippen LogP contribution in [0, 0.1) is 0 Å². The second-order valence-corrected chi connectivity index (χ2v) is 6.44. The monoisotopic (exact) mass is 427 g/mol. The second-order valence-electron chi connectivity index (χ2n) is 6.44. The summed E-state index contributed by atoms with van der Waals surface area (Å²) in [6.45, 7) is -2.31. The number of nitrogens with one attached hydrogen (secondary N) is 2. The molecule has 3 heterocycles. The highest BCUT2D eigenvalue weighted by Crippen LogP contribution is 2.37. The Morgan fingerprint density at radius 3 is 2.87 bits per heavy atom. The van der Waals surface area contributed by atoms with Crippen molar-refractivity contribution < 1.29 is 23.2 Å². The molecule has 0 radical (unpaired) electrons. The Hall–Kier alpha value is -4.22. The van der Waals surface area contributed by atoms with E-state index < -0.39 is 19.0 Å². The molecule has 0 saturated carbocycles. The Bertz CT molecular complexity index is 1250. The maximum atomic E-state index is 12.6. The number of methoxy groups -OCH3 is 1. The molecule has 160 valence electrons. The number of rotatable bonds is 6. The summed E-state index contributed by atoms with van der Waals surface area (Å²) < 4.78 is 34.0. The standard InChI is InChI=1S/C19H20N8O4/c1-20-18(28)15-13(9-14(23-24-15)27-7-8-31-19(27)29)22-12-6-4-5-11(16(12)30-3)17-21-10-26(2)25-17/h4-6,9-10H,7-8H2,1-3H3,(H,20,28)(H,22,23)/i1D3. The predicted octanol–water partition coefficient (Wildman–Crippen LogP) is 1.34. The average Bonchev–Trinajstić information content (AvgIpc) is 3.40. The molecule has 12 heteroatoms. The SMILES string of the molecule is [2H]C([2H])([2H])NC(=O)c1nnc(N2CCOC2=O)cc1Nc1cccc(-c2ncn(C)n2)c1OC. The molecule has 1 fully saturated rings. The highest BCUT2D eigenvalue weighted by atomic mass is 16.6. The summed E-state index contributed by atoms with van der Waals surface area (Å²) in [6, 6.07) is 6.57. The fourth-order valence-electron chi connectivity index (χ4n) is 3.08. The van der Waals surface area contributed by atoms with Crippen LogP contribution in [0.4, 0.5) is 22.0 Å². The summed E-state index contributed by atoms with van der Waals surface area (Å²) >= 11 is 0. The summed E-state index contributed by atoms with van der Waals surface area (Å²) in [5.41, 5.74) is 0.789. The zero-order valence-corrected chi connectivity index (χ0v) is 16.6. The van der Waals surface area contributed by atoms with Gasteiger partial charge in [0, 0.05) is 24.2 Å². The van der Waals surface area contributed by atoms with E-state index in [9.17, 15) is 9.59 Å². The van der Waals surface area contributed by atoms with Crippen LogP contribution in [0.25, 0.3) is 11.4 Å². The number of anilines is 3. The fraction of sp³-hybridized carbons (Fsp3) is 0.263. The largest absolute Gasteiger partial charge is 0.494 e. The molecule has 0 aliphatic carbocycles. The first-order valence-corrected chi connectivity index (χ1v) is 9.11. The molecule has 31 heavy (non-hydrogen) atoms. The van der Waals surface area contributed by atoms with Gasteiger partial charge in [0.2, 0.25) is 0 Å². The first kappa shape index (κ1) is 16.6. The number of aromatic nitrogens is 5. The predicted molar refractivity (Wildman–Crippen MR) is 110 cm³/mol. The van der Waals surface area contributed by atoms with Gasteiger partial charge in [0.25, 0.3) is 5.91 Å². The molecule has 4 rings (SSSR count). The first-order chi connectivity index (χ1) is 16.2. The molecule has 1 aliphatic rings. The minimum absolute atomic E-state index is 0.0934. The van der Waals surface area contributed by atoms with Gasteiger partial charge in [-0.05, 0) is 12.1 Å². The highest BCUT2D eigenvalue weighted by molar-refractivity contribution is 5.99. The van der Waals surface area contributed by atoms with Crippen LogP contribution in [0.3, 0.4) is 0 Å². The zero-order valence-electron chi connectivity index (χ0n) is 19.6. The number of hydrogen-bond acceptors (Lipinski definition) is 9. The number of carbonyl (C=O) groups is 2. The number of ether oxygens (including phenoxy) is 2. The van der Waals surface area contributed by atoms with E-state index in [1.54, 1.807) is 36.3 Å².